The number of amidine groups is 2. The molecule has 2 aromatic heterocycles. The number of nitrogens with zero attached hydrogens (tertiary/aromatic N) is 4. The van der Waals surface area contributed by atoms with E-state index in [1.165, 1.54) is 33.0 Å². The van der Waals surface area contributed by atoms with E-state index in [1.807, 2.05) is 30.3 Å². The van der Waals surface area contributed by atoms with Crippen molar-refractivity contribution in [2.24, 2.45) is 9.98 Å². The summed E-state index contributed by atoms with van der Waals surface area (Å²) in [5, 5.41) is 4.44. The maximum atomic E-state index is 6.12. The summed E-state index contributed by atoms with van der Waals surface area (Å²) in [7, 11) is 2.09. The van der Waals surface area contributed by atoms with Gasteiger partial charge in [0.15, 0.2) is 12.0 Å². The normalized spacial score (nSPS) is 15.7. The summed E-state index contributed by atoms with van der Waals surface area (Å²) in [6.45, 7) is 0. The number of pyridine rings is 1. The van der Waals surface area contributed by atoms with Crippen molar-refractivity contribution in [3.63, 3.8) is 0 Å². The van der Waals surface area contributed by atoms with E-state index in [4.69, 9.17) is 14.4 Å². The van der Waals surface area contributed by atoms with E-state index < -0.39 is 0 Å². The van der Waals surface area contributed by atoms with Crippen molar-refractivity contribution in [2.45, 2.75) is 6.17 Å². The molecule has 5 nitrogen and oxygen atoms in total. The van der Waals surface area contributed by atoms with Crippen molar-refractivity contribution in [3.8, 4) is 22.3 Å². The van der Waals surface area contributed by atoms with Crippen molar-refractivity contribution in [1.82, 2.24) is 9.88 Å². The molecule has 1 aliphatic carbocycles. The molecule has 0 spiro atoms. The highest BCUT2D eigenvalue weighted by Gasteiger charge is 2.31. The molecule has 198 valence electrons. The molecular weight excluding hydrogens is 516 g/mol. The SMILES string of the molecule is CN1C(c2ccccc2)=NC(c2ccnc3oc4ccccc4c23)=NC1c1ccc2c3c(cccc13)-c1ccccc1-2. The lowest BCUT2D eigenvalue weighted by Crippen LogP contribution is -2.35. The van der Waals surface area contributed by atoms with Crippen molar-refractivity contribution < 1.29 is 4.42 Å². The Kier molecular flexibility index (Phi) is 4.81. The van der Waals surface area contributed by atoms with Gasteiger partial charge in [0.2, 0.25) is 5.71 Å². The molecule has 1 unspecified atom stereocenters. The first kappa shape index (κ1) is 23.2. The molecule has 1 aliphatic heterocycles. The van der Waals surface area contributed by atoms with Gasteiger partial charge in [-0.3, -0.25) is 0 Å². The Morgan fingerprint density at radius 3 is 2.19 bits per heavy atom. The number of hydrogen-bond acceptors (Lipinski definition) is 5. The molecule has 1 atom stereocenters. The van der Waals surface area contributed by atoms with Gasteiger partial charge in [-0.15, -0.1) is 0 Å². The van der Waals surface area contributed by atoms with Crippen LogP contribution in [0.5, 0.6) is 0 Å². The molecular formula is C37H24N4O. The van der Waals surface area contributed by atoms with Gasteiger partial charge in [-0.1, -0.05) is 103 Å². The molecule has 0 bridgehead atoms. The fourth-order valence-corrected chi connectivity index (χ4v) is 6.68. The van der Waals surface area contributed by atoms with E-state index in [2.05, 4.69) is 102 Å². The lowest BCUT2D eigenvalue weighted by atomic mass is 9.96. The number of furan rings is 1. The molecule has 0 fully saturated rings. The summed E-state index contributed by atoms with van der Waals surface area (Å²) < 4.78 is 6.12. The average Bonchev–Trinajstić information content (AvgIpc) is 3.59. The largest absolute Gasteiger partial charge is 0.438 e. The minimum absolute atomic E-state index is 0.290. The van der Waals surface area contributed by atoms with E-state index in [0.29, 0.717) is 11.5 Å². The van der Waals surface area contributed by atoms with Crippen LogP contribution in [0.3, 0.4) is 0 Å². The topological polar surface area (TPSA) is 54.0 Å². The summed E-state index contributed by atoms with van der Waals surface area (Å²) in [6.07, 6.45) is 1.49. The number of para-hydroxylation sites is 1. The van der Waals surface area contributed by atoms with Crippen LogP contribution >= 0.6 is 0 Å². The van der Waals surface area contributed by atoms with Crippen LogP contribution in [-0.2, 0) is 0 Å². The zero-order valence-electron chi connectivity index (χ0n) is 22.8. The fraction of sp³-hybridized carbons (Fsp3) is 0.0541. The monoisotopic (exact) mass is 540 g/mol. The number of benzene rings is 5. The van der Waals surface area contributed by atoms with Gasteiger partial charge < -0.3 is 9.32 Å². The molecule has 9 rings (SSSR count). The molecule has 0 radical (unpaired) electrons. The van der Waals surface area contributed by atoms with E-state index in [0.717, 1.165) is 38.9 Å². The van der Waals surface area contributed by atoms with E-state index in [-0.39, 0.29) is 6.17 Å². The Bertz CT molecular complexity index is 2250. The van der Waals surface area contributed by atoms with Gasteiger partial charge in [0.1, 0.15) is 11.4 Å². The zero-order chi connectivity index (χ0) is 27.8. The number of aliphatic imine (C=N–C) groups is 2. The lowest BCUT2D eigenvalue weighted by molar-refractivity contribution is 0.385. The molecule has 7 aromatic rings. The Labute approximate surface area is 242 Å². The van der Waals surface area contributed by atoms with Crippen LogP contribution < -0.4 is 0 Å². The van der Waals surface area contributed by atoms with E-state index in [9.17, 15) is 0 Å². The predicted octanol–water partition coefficient (Wildman–Crippen LogP) is 8.62. The average molecular weight is 541 g/mol. The van der Waals surface area contributed by atoms with Crippen LogP contribution in [0.25, 0.3) is 55.1 Å². The first-order valence-corrected chi connectivity index (χ1v) is 14.1. The highest BCUT2D eigenvalue weighted by atomic mass is 16.3. The van der Waals surface area contributed by atoms with Gasteiger partial charge in [0, 0.05) is 35.3 Å². The smallest absolute Gasteiger partial charge is 0.228 e. The third kappa shape index (κ3) is 3.22. The fourth-order valence-electron chi connectivity index (χ4n) is 6.68. The van der Waals surface area contributed by atoms with Gasteiger partial charge in [0.25, 0.3) is 0 Å². The third-order valence-corrected chi connectivity index (χ3v) is 8.57. The summed E-state index contributed by atoms with van der Waals surface area (Å²) in [6, 6.07) is 40.2. The molecule has 0 N–H and O–H groups in total. The lowest BCUT2D eigenvalue weighted by Gasteiger charge is -2.33. The molecule has 3 heterocycles. The summed E-state index contributed by atoms with van der Waals surface area (Å²) in [5.41, 5.74) is 9.62. The summed E-state index contributed by atoms with van der Waals surface area (Å²) in [4.78, 5) is 17.3. The highest BCUT2D eigenvalue weighted by Crippen LogP contribution is 2.49. The van der Waals surface area contributed by atoms with Gasteiger partial charge >= 0.3 is 0 Å². The predicted molar refractivity (Wildman–Crippen MR) is 170 cm³/mol. The van der Waals surface area contributed by atoms with Crippen LogP contribution in [-0.4, -0.2) is 28.6 Å². The first-order chi connectivity index (χ1) is 20.8. The Morgan fingerprint density at radius 2 is 1.33 bits per heavy atom. The Balaban J connectivity index is 1.30. The van der Waals surface area contributed by atoms with E-state index in [1.54, 1.807) is 6.20 Å². The number of fused-ring (bicyclic) bond motifs is 6. The van der Waals surface area contributed by atoms with Crippen LogP contribution in [0, 0.1) is 0 Å². The minimum Gasteiger partial charge on any atom is -0.438 e. The molecule has 0 saturated carbocycles. The molecule has 0 amide bonds. The number of rotatable bonds is 3. The number of hydrogen-bond donors (Lipinski definition) is 0. The van der Waals surface area contributed by atoms with Crippen LogP contribution in [0.1, 0.15) is 22.9 Å². The minimum atomic E-state index is -0.290. The third-order valence-electron chi connectivity index (χ3n) is 8.57. The summed E-state index contributed by atoms with van der Waals surface area (Å²) >= 11 is 0. The molecule has 2 aliphatic rings. The maximum Gasteiger partial charge on any atom is 0.228 e. The van der Waals surface area contributed by atoms with Crippen molar-refractivity contribution in [1.29, 1.82) is 0 Å². The first-order valence-electron chi connectivity index (χ1n) is 14.1. The zero-order valence-corrected chi connectivity index (χ0v) is 22.8. The molecule has 0 saturated heterocycles. The highest BCUT2D eigenvalue weighted by molar-refractivity contribution is 6.22. The van der Waals surface area contributed by atoms with Gasteiger partial charge in [-0.25, -0.2) is 15.0 Å². The number of aromatic nitrogens is 1. The van der Waals surface area contributed by atoms with Crippen molar-refractivity contribution >= 4 is 44.5 Å². The van der Waals surface area contributed by atoms with Crippen LogP contribution in [0.2, 0.25) is 0 Å². The van der Waals surface area contributed by atoms with Gasteiger partial charge in [0.05, 0.1) is 5.39 Å². The van der Waals surface area contributed by atoms with Gasteiger partial charge in [-0.05, 0) is 45.2 Å². The quantitative estimate of drug-likeness (QED) is 0.225. The summed E-state index contributed by atoms with van der Waals surface area (Å²) in [5.74, 6) is 1.54. The van der Waals surface area contributed by atoms with Crippen molar-refractivity contribution in [2.75, 3.05) is 7.05 Å². The van der Waals surface area contributed by atoms with Crippen molar-refractivity contribution in [3.05, 3.63) is 138 Å². The second kappa shape index (κ2) is 8.72. The van der Waals surface area contributed by atoms with Crippen LogP contribution in [0.15, 0.2) is 136 Å². The Morgan fingerprint density at radius 1 is 0.619 bits per heavy atom. The van der Waals surface area contributed by atoms with E-state index >= 15 is 0 Å². The Hall–Kier alpha value is -5.55. The maximum absolute atomic E-state index is 6.12. The molecule has 5 heteroatoms. The second-order valence-corrected chi connectivity index (χ2v) is 10.9. The second-order valence-electron chi connectivity index (χ2n) is 10.9. The molecule has 5 aromatic carbocycles. The van der Waals surface area contributed by atoms with Crippen LogP contribution in [0.4, 0.5) is 0 Å². The van der Waals surface area contributed by atoms with Gasteiger partial charge in [-0.2, -0.15) is 0 Å². The standard InChI is InChI=1S/C37H24N4O/c1-41-35(22-10-3-2-4-11-22)39-34(30-20-21-38-37-33(30)29-14-7-8-17-31(29)42-37)40-36(41)28-19-18-27-24-13-6-5-12-23(24)25-15-9-16-26(28)32(25)27/h2-21,36H,1H3. The molecule has 42 heavy (non-hydrogen) atoms.